The van der Waals surface area contributed by atoms with E-state index in [1.807, 2.05) is 0 Å². The van der Waals surface area contributed by atoms with Crippen molar-refractivity contribution < 1.29 is 5.11 Å². The minimum atomic E-state index is 0.0448. The van der Waals surface area contributed by atoms with E-state index in [2.05, 4.69) is 46.7 Å². The molecule has 1 aromatic heterocycles. The number of thioether (sulfide) groups is 1. The van der Waals surface area contributed by atoms with Gasteiger partial charge in [0.2, 0.25) is 5.16 Å². The third-order valence-electron chi connectivity index (χ3n) is 2.30. The van der Waals surface area contributed by atoms with E-state index in [0.717, 1.165) is 10.9 Å². The van der Waals surface area contributed by atoms with E-state index in [4.69, 9.17) is 5.11 Å². The largest absolute Gasteiger partial charge is 0.394 e. The van der Waals surface area contributed by atoms with E-state index in [-0.39, 0.29) is 6.61 Å². The smallest absolute Gasteiger partial charge is 0.209 e. The van der Waals surface area contributed by atoms with Crippen LogP contribution in [-0.4, -0.2) is 31.9 Å². The zero-order chi connectivity index (χ0) is 12.1. The first-order valence-corrected chi connectivity index (χ1v) is 6.33. The van der Waals surface area contributed by atoms with Gasteiger partial charge < -0.3 is 5.11 Å². The number of hydrogen-bond acceptors (Lipinski definition) is 5. The lowest BCUT2D eigenvalue weighted by Crippen LogP contribution is -2.05. The molecule has 0 atom stereocenters. The average Bonchev–Trinajstić information content (AvgIpc) is 2.77. The highest BCUT2D eigenvalue weighted by Crippen LogP contribution is 2.19. The summed E-state index contributed by atoms with van der Waals surface area (Å²) in [5.41, 5.74) is 2.49. The van der Waals surface area contributed by atoms with Gasteiger partial charge in [-0.2, -0.15) is 0 Å². The fourth-order valence-electron chi connectivity index (χ4n) is 1.37. The highest BCUT2D eigenvalue weighted by molar-refractivity contribution is 7.98. The van der Waals surface area contributed by atoms with E-state index in [9.17, 15) is 0 Å². The van der Waals surface area contributed by atoms with Crippen LogP contribution in [0.1, 0.15) is 11.1 Å². The van der Waals surface area contributed by atoms with Gasteiger partial charge in [-0.25, -0.2) is 4.68 Å². The molecule has 1 heterocycles. The minimum Gasteiger partial charge on any atom is -0.394 e. The first-order valence-electron chi connectivity index (χ1n) is 5.35. The van der Waals surface area contributed by atoms with E-state index < -0.39 is 0 Å². The summed E-state index contributed by atoms with van der Waals surface area (Å²) in [6.45, 7) is 2.55. The van der Waals surface area contributed by atoms with Crippen molar-refractivity contribution in [2.45, 2.75) is 24.4 Å². The highest BCUT2D eigenvalue weighted by atomic mass is 32.2. The Morgan fingerprint density at radius 1 is 1.29 bits per heavy atom. The Balaban J connectivity index is 1.97. The number of rotatable bonds is 5. The molecule has 1 N–H and O–H groups in total. The van der Waals surface area contributed by atoms with Crippen LogP contribution in [-0.2, 0) is 12.3 Å². The molecule has 0 radical (unpaired) electrons. The zero-order valence-electron chi connectivity index (χ0n) is 9.58. The monoisotopic (exact) mass is 250 g/mol. The summed E-state index contributed by atoms with van der Waals surface area (Å²) in [6, 6.07) is 8.38. The minimum absolute atomic E-state index is 0.0448. The zero-order valence-corrected chi connectivity index (χ0v) is 10.4. The van der Waals surface area contributed by atoms with Gasteiger partial charge in [-0.3, -0.25) is 0 Å². The third kappa shape index (κ3) is 3.28. The van der Waals surface area contributed by atoms with Crippen molar-refractivity contribution in [3.63, 3.8) is 0 Å². The first-order chi connectivity index (χ1) is 8.29. The Morgan fingerprint density at radius 3 is 2.76 bits per heavy atom. The second kappa shape index (κ2) is 5.79. The summed E-state index contributed by atoms with van der Waals surface area (Å²) < 4.78 is 1.61. The SMILES string of the molecule is Cc1ccc(CSc2nnnn2CCO)cc1. The maximum absolute atomic E-state index is 8.85. The molecule has 1 aromatic carbocycles. The fourth-order valence-corrected chi connectivity index (χ4v) is 2.23. The number of aromatic nitrogens is 4. The lowest BCUT2D eigenvalue weighted by atomic mass is 10.2. The molecule has 0 saturated heterocycles. The first kappa shape index (κ1) is 12.1. The molecule has 5 nitrogen and oxygen atoms in total. The van der Waals surface area contributed by atoms with Gasteiger partial charge in [-0.15, -0.1) is 5.10 Å². The second-order valence-electron chi connectivity index (χ2n) is 3.68. The summed E-state index contributed by atoms with van der Waals surface area (Å²) in [7, 11) is 0. The van der Waals surface area contributed by atoms with Gasteiger partial charge in [0, 0.05) is 5.75 Å². The molecule has 0 bridgehead atoms. The quantitative estimate of drug-likeness (QED) is 0.809. The molecule has 2 rings (SSSR count). The predicted molar refractivity (Wildman–Crippen MR) is 65.6 cm³/mol. The molecule has 0 aliphatic heterocycles. The summed E-state index contributed by atoms with van der Waals surface area (Å²) in [5, 5.41) is 20.9. The maximum atomic E-state index is 8.85. The van der Waals surface area contributed by atoms with Gasteiger partial charge in [-0.1, -0.05) is 41.6 Å². The summed E-state index contributed by atoms with van der Waals surface area (Å²) in [5.74, 6) is 0.825. The summed E-state index contributed by atoms with van der Waals surface area (Å²) in [4.78, 5) is 0. The normalized spacial score (nSPS) is 10.7. The molecule has 0 aliphatic rings. The van der Waals surface area contributed by atoms with Crippen molar-refractivity contribution >= 4 is 11.8 Å². The van der Waals surface area contributed by atoms with Crippen LogP contribution in [0.3, 0.4) is 0 Å². The molecular formula is C11H14N4OS. The molecule has 6 heteroatoms. The second-order valence-corrected chi connectivity index (χ2v) is 4.62. The molecule has 0 fully saturated rings. The van der Waals surface area contributed by atoms with Crippen molar-refractivity contribution in [1.29, 1.82) is 0 Å². The lowest BCUT2D eigenvalue weighted by molar-refractivity contribution is 0.262. The van der Waals surface area contributed by atoms with Crippen LogP contribution < -0.4 is 0 Å². The number of tetrazole rings is 1. The van der Waals surface area contributed by atoms with Crippen LogP contribution >= 0.6 is 11.8 Å². The van der Waals surface area contributed by atoms with Crippen molar-refractivity contribution in [3.05, 3.63) is 35.4 Å². The van der Waals surface area contributed by atoms with Crippen molar-refractivity contribution in [3.8, 4) is 0 Å². The highest BCUT2D eigenvalue weighted by Gasteiger charge is 2.06. The summed E-state index contributed by atoms with van der Waals surface area (Å²) >= 11 is 1.57. The number of nitrogens with zero attached hydrogens (tertiary/aromatic N) is 4. The van der Waals surface area contributed by atoms with E-state index in [1.54, 1.807) is 16.4 Å². The molecule has 2 aromatic rings. The van der Waals surface area contributed by atoms with Gasteiger partial charge in [0.05, 0.1) is 13.2 Å². The Labute approximate surface area is 104 Å². The topological polar surface area (TPSA) is 63.8 Å². The van der Waals surface area contributed by atoms with Gasteiger partial charge >= 0.3 is 0 Å². The summed E-state index contributed by atoms with van der Waals surface area (Å²) in [6.07, 6.45) is 0. The van der Waals surface area contributed by atoms with Crippen LogP contribution in [0.15, 0.2) is 29.4 Å². The number of aliphatic hydroxyl groups excluding tert-OH is 1. The third-order valence-corrected chi connectivity index (χ3v) is 3.33. The molecule has 0 unspecified atom stereocenters. The molecule has 0 saturated carbocycles. The van der Waals surface area contributed by atoms with Crippen molar-refractivity contribution in [1.82, 2.24) is 20.2 Å². The van der Waals surface area contributed by atoms with Crippen LogP contribution in [0, 0.1) is 6.92 Å². The molecule has 90 valence electrons. The van der Waals surface area contributed by atoms with Crippen LogP contribution in [0.4, 0.5) is 0 Å². The van der Waals surface area contributed by atoms with Crippen LogP contribution in [0.25, 0.3) is 0 Å². The molecule has 17 heavy (non-hydrogen) atoms. The van der Waals surface area contributed by atoms with E-state index in [0.29, 0.717) is 6.54 Å². The van der Waals surface area contributed by atoms with Crippen LogP contribution in [0.2, 0.25) is 0 Å². The van der Waals surface area contributed by atoms with Crippen molar-refractivity contribution in [2.24, 2.45) is 0 Å². The van der Waals surface area contributed by atoms with E-state index in [1.165, 1.54) is 11.1 Å². The van der Waals surface area contributed by atoms with Crippen LogP contribution in [0.5, 0.6) is 0 Å². The Morgan fingerprint density at radius 2 is 2.06 bits per heavy atom. The van der Waals surface area contributed by atoms with Crippen molar-refractivity contribution in [2.75, 3.05) is 6.61 Å². The lowest BCUT2D eigenvalue weighted by Gasteiger charge is -2.02. The standard InChI is InChI=1S/C11H14N4OS/c1-9-2-4-10(5-3-9)8-17-11-12-13-14-15(11)6-7-16/h2-5,16H,6-8H2,1H3. The van der Waals surface area contributed by atoms with Gasteiger partial charge in [0.1, 0.15) is 0 Å². The molecule has 0 amide bonds. The number of benzene rings is 1. The van der Waals surface area contributed by atoms with E-state index >= 15 is 0 Å². The Hall–Kier alpha value is -1.40. The molecular weight excluding hydrogens is 236 g/mol. The Kier molecular flexibility index (Phi) is 4.11. The maximum Gasteiger partial charge on any atom is 0.209 e. The number of hydrogen-bond donors (Lipinski definition) is 1. The Bertz CT molecular complexity index is 469. The van der Waals surface area contributed by atoms with Gasteiger partial charge in [0.25, 0.3) is 0 Å². The van der Waals surface area contributed by atoms with Gasteiger partial charge in [-0.05, 0) is 22.9 Å². The fraction of sp³-hybridized carbons (Fsp3) is 0.364. The number of aryl methyl sites for hydroxylation is 1. The predicted octanol–water partition coefficient (Wildman–Crippen LogP) is 1.27. The number of aliphatic hydroxyl groups is 1. The molecule has 0 aliphatic carbocycles. The molecule has 0 spiro atoms. The van der Waals surface area contributed by atoms with Gasteiger partial charge in [0.15, 0.2) is 0 Å². The average molecular weight is 250 g/mol.